The number of piperazine rings is 1. The van der Waals surface area contributed by atoms with Gasteiger partial charge in [-0.25, -0.2) is 24.9 Å². The predicted octanol–water partition coefficient (Wildman–Crippen LogP) is 3.01. The molecule has 0 amide bonds. The van der Waals surface area contributed by atoms with E-state index in [0.29, 0.717) is 35.7 Å². The summed E-state index contributed by atoms with van der Waals surface area (Å²) in [5.74, 6) is 1.33. The van der Waals surface area contributed by atoms with Gasteiger partial charge < -0.3 is 10.2 Å². The van der Waals surface area contributed by atoms with Crippen molar-refractivity contribution >= 4 is 5.69 Å². The molecular weight excluding hydrogens is 476 g/mol. The molecule has 0 radical (unpaired) electrons. The van der Waals surface area contributed by atoms with Crippen molar-refractivity contribution in [1.82, 2.24) is 45.6 Å². The molecule has 10 heteroatoms. The zero-order valence-corrected chi connectivity index (χ0v) is 21.2. The van der Waals surface area contributed by atoms with E-state index in [4.69, 9.17) is 15.0 Å². The molecule has 1 aliphatic heterocycles. The van der Waals surface area contributed by atoms with E-state index in [0.717, 1.165) is 49.1 Å². The smallest absolute Gasteiger partial charge is 0.179 e. The van der Waals surface area contributed by atoms with Crippen molar-refractivity contribution in [3.05, 3.63) is 95.5 Å². The zero-order chi connectivity index (χ0) is 25.7. The molecule has 10 nitrogen and oxygen atoms in total. The number of hydrogen-bond acceptors (Lipinski definition) is 9. The number of aromatic nitrogens is 8. The number of rotatable bonds is 7. The minimum Gasteiger partial charge on any atom is -0.369 e. The Hall–Kier alpha value is -4.57. The van der Waals surface area contributed by atoms with Crippen molar-refractivity contribution in [3.63, 3.8) is 0 Å². The number of aryl methyl sites for hydroxylation is 1. The van der Waals surface area contributed by atoms with Crippen molar-refractivity contribution < 1.29 is 0 Å². The second kappa shape index (κ2) is 10.8. The third kappa shape index (κ3) is 5.55. The summed E-state index contributed by atoms with van der Waals surface area (Å²) in [4.78, 5) is 25.9. The van der Waals surface area contributed by atoms with Crippen LogP contribution in [0.4, 0.5) is 5.69 Å². The van der Waals surface area contributed by atoms with Crippen LogP contribution in [0.3, 0.4) is 0 Å². The van der Waals surface area contributed by atoms with Crippen molar-refractivity contribution in [2.45, 2.75) is 19.8 Å². The lowest BCUT2D eigenvalue weighted by molar-refractivity contribution is 0.589. The average molecular weight is 505 g/mol. The predicted molar refractivity (Wildman–Crippen MR) is 145 cm³/mol. The van der Waals surface area contributed by atoms with Gasteiger partial charge in [0, 0.05) is 56.6 Å². The lowest BCUT2D eigenvalue weighted by Crippen LogP contribution is -2.43. The highest BCUT2D eigenvalue weighted by Crippen LogP contribution is 2.21. The lowest BCUT2D eigenvalue weighted by atomic mass is 10.1. The van der Waals surface area contributed by atoms with Crippen LogP contribution in [0.25, 0.3) is 22.9 Å². The van der Waals surface area contributed by atoms with Crippen LogP contribution in [-0.4, -0.2) is 66.5 Å². The fourth-order valence-electron chi connectivity index (χ4n) is 4.57. The van der Waals surface area contributed by atoms with Gasteiger partial charge in [-0.15, -0.1) is 0 Å². The number of hydrogen-bond donors (Lipinski definition) is 2. The molecule has 0 saturated carbocycles. The van der Waals surface area contributed by atoms with Gasteiger partial charge in [-0.1, -0.05) is 18.2 Å². The van der Waals surface area contributed by atoms with Crippen molar-refractivity contribution in [2.75, 3.05) is 31.1 Å². The molecule has 6 rings (SSSR count). The second-order valence-electron chi connectivity index (χ2n) is 9.31. The van der Waals surface area contributed by atoms with E-state index < -0.39 is 0 Å². The average Bonchev–Trinajstić information content (AvgIpc) is 3.50. The highest BCUT2D eigenvalue weighted by Gasteiger charge is 2.14. The number of aromatic amines is 1. The summed E-state index contributed by atoms with van der Waals surface area (Å²) < 4.78 is 0. The number of nitrogens with zero attached hydrogens (tertiary/aromatic N) is 8. The van der Waals surface area contributed by atoms with E-state index in [1.165, 1.54) is 11.3 Å². The number of nitrogens with one attached hydrogen (secondary N) is 2. The van der Waals surface area contributed by atoms with Gasteiger partial charge in [0.25, 0.3) is 0 Å². The molecule has 1 saturated heterocycles. The topological polar surface area (TPSA) is 121 Å². The van der Waals surface area contributed by atoms with E-state index in [9.17, 15) is 0 Å². The Morgan fingerprint density at radius 3 is 2.47 bits per heavy atom. The fourth-order valence-corrected chi connectivity index (χ4v) is 4.57. The van der Waals surface area contributed by atoms with Crippen LogP contribution in [-0.2, 0) is 12.8 Å². The first-order valence-corrected chi connectivity index (χ1v) is 12.7. The standard InChI is InChI=1S/C28H28N10/c1-19-3-2-4-24(32-19)28-34-22(17-25(35-28)26-18-31-37-36-26)16-21-9-10-30-27(33-21)15-20-5-7-23(8-6-20)38-13-11-29-12-14-38/h2-10,17-18,29H,11-16H2,1H3,(H,31,36,37). The zero-order valence-electron chi connectivity index (χ0n) is 21.2. The normalized spacial score (nSPS) is 13.6. The Bertz CT molecular complexity index is 1510. The monoisotopic (exact) mass is 504 g/mol. The van der Waals surface area contributed by atoms with Crippen LogP contribution in [0.1, 0.15) is 28.5 Å². The van der Waals surface area contributed by atoms with Gasteiger partial charge in [-0.05, 0) is 48.9 Å². The van der Waals surface area contributed by atoms with Crippen molar-refractivity contribution in [2.24, 2.45) is 0 Å². The summed E-state index contributed by atoms with van der Waals surface area (Å²) in [6.07, 6.45) is 4.66. The molecular formula is C28H28N10. The minimum atomic E-state index is 0.531. The Balaban J connectivity index is 1.23. The van der Waals surface area contributed by atoms with E-state index in [2.05, 4.69) is 59.9 Å². The Kier molecular flexibility index (Phi) is 6.77. The summed E-state index contributed by atoms with van der Waals surface area (Å²) in [5, 5.41) is 14.2. The molecule has 190 valence electrons. The molecule has 4 aromatic heterocycles. The fraction of sp³-hybridized carbons (Fsp3) is 0.250. The summed E-state index contributed by atoms with van der Waals surface area (Å²) in [5.41, 5.74) is 7.10. The number of H-pyrrole nitrogens is 1. The molecule has 2 N–H and O–H groups in total. The van der Waals surface area contributed by atoms with E-state index in [1.54, 1.807) is 6.20 Å². The molecule has 0 bridgehead atoms. The molecule has 0 spiro atoms. The van der Waals surface area contributed by atoms with Crippen LogP contribution >= 0.6 is 0 Å². The summed E-state index contributed by atoms with van der Waals surface area (Å²) in [7, 11) is 0. The van der Waals surface area contributed by atoms with Gasteiger partial charge in [0.2, 0.25) is 0 Å². The largest absolute Gasteiger partial charge is 0.369 e. The molecule has 5 aromatic rings. The van der Waals surface area contributed by atoms with Crippen molar-refractivity contribution in [3.8, 4) is 22.9 Å². The number of benzene rings is 1. The summed E-state index contributed by atoms with van der Waals surface area (Å²) in [6.45, 7) is 6.07. The maximum atomic E-state index is 4.84. The van der Waals surface area contributed by atoms with Gasteiger partial charge in [-0.2, -0.15) is 15.4 Å². The first kappa shape index (κ1) is 23.8. The lowest BCUT2D eigenvalue weighted by Gasteiger charge is -2.29. The maximum absolute atomic E-state index is 4.84. The molecule has 5 heterocycles. The number of anilines is 1. The van der Waals surface area contributed by atoms with E-state index in [-0.39, 0.29) is 0 Å². The quantitative estimate of drug-likeness (QED) is 0.344. The Morgan fingerprint density at radius 2 is 1.68 bits per heavy atom. The van der Waals surface area contributed by atoms with Gasteiger partial charge in [0.1, 0.15) is 17.2 Å². The second-order valence-corrected chi connectivity index (χ2v) is 9.31. The molecule has 0 atom stereocenters. The van der Waals surface area contributed by atoms with Gasteiger partial charge in [0.15, 0.2) is 5.82 Å². The Morgan fingerprint density at radius 1 is 0.816 bits per heavy atom. The first-order valence-electron chi connectivity index (χ1n) is 12.7. The molecule has 0 unspecified atom stereocenters. The van der Waals surface area contributed by atoms with Gasteiger partial charge in [-0.3, -0.25) is 0 Å². The third-order valence-corrected chi connectivity index (χ3v) is 6.48. The number of pyridine rings is 1. The third-order valence-electron chi connectivity index (χ3n) is 6.48. The molecule has 38 heavy (non-hydrogen) atoms. The van der Waals surface area contributed by atoms with Crippen LogP contribution in [0.15, 0.2) is 67.0 Å². The maximum Gasteiger partial charge on any atom is 0.179 e. The summed E-state index contributed by atoms with van der Waals surface area (Å²) in [6, 6.07) is 18.4. The minimum absolute atomic E-state index is 0.531. The van der Waals surface area contributed by atoms with Gasteiger partial charge in [0.05, 0.1) is 23.3 Å². The summed E-state index contributed by atoms with van der Waals surface area (Å²) >= 11 is 0. The van der Waals surface area contributed by atoms with E-state index in [1.807, 2.05) is 43.5 Å². The molecule has 1 aromatic carbocycles. The van der Waals surface area contributed by atoms with Crippen LogP contribution in [0.2, 0.25) is 0 Å². The highest BCUT2D eigenvalue weighted by molar-refractivity contribution is 5.59. The van der Waals surface area contributed by atoms with E-state index >= 15 is 0 Å². The molecule has 1 fully saturated rings. The Labute approximate surface area is 220 Å². The van der Waals surface area contributed by atoms with Crippen LogP contribution in [0.5, 0.6) is 0 Å². The molecule has 0 aliphatic carbocycles. The first-order chi connectivity index (χ1) is 18.7. The van der Waals surface area contributed by atoms with Crippen LogP contribution in [0, 0.1) is 6.92 Å². The SMILES string of the molecule is Cc1cccc(-c2nc(Cc3ccnc(Cc4ccc(N5CCNCC5)cc4)n3)cc(-c3cn[nH]n3)n2)n1. The van der Waals surface area contributed by atoms with Gasteiger partial charge >= 0.3 is 0 Å². The highest BCUT2D eigenvalue weighted by atomic mass is 15.3. The van der Waals surface area contributed by atoms with Crippen LogP contribution < -0.4 is 10.2 Å². The molecule has 1 aliphatic rings. The van der Waals surface area contributed by atoms with Crippen molar-refractivity contribution in [1.29, 1.82) is 0 Å².